The fourth-order valence-electron chi connectivity index (χ4n) is 4.11. The molecule has 172 valence electrons. The zero-order chi connectivity index (χ0) is 22.9. The van der Waals surface area contributed by atoms with Crippen LogP contribution >= 0.6 is 0 Å². The monoisotopic (exact) mass is 476 g/mol. The number of benzene rings is 2. The standard InChI is InChI=1S/C23H28N2O5S2/c1-31(26,27)21-10-11-22-18(16-21)17-23(32(2,28)29)25(22)19-6-8-20(9-7-19)30-15-5-14-24-12-3-4-13-24/h6-11,16-17H,3-5,12-15H2,1-2H3. The van der Waals surface area contributed by atoms with Crippen molar-refractivity contribution < 1.29 is 21.6 Å². The minimum Gasteiger partial charge on any atom is -0.494 e. The number of hydrogen-bond donors (Lipinski definition) is 0. The van der Waals surface area contributed by atoms with E-state index in [0.29, 0.717) is 23.2 Å². The highest BCUT2D eigenvalue weighted by molar-refractivity contribution is 7.91. The average molecular weight is 477 g/mol. The van der Waals surface area contributed by atoms with Gasteiger partial charge in [-0.25, -0.2) is 16.8 Å². The molecule has 0 N–H and O–H groups in total. The Hall–Kier alpha value is -2.36. The summed E-state index contributed by atoms with van der Waals surface area (Å²) in [5.74, 6) is 0.729. The summed E-state index contributed by atoms with van der Waals surface area (Å²) in [4.78, 5) is 2.60. The number of ether oxygens (including phenoxy) is 1. The van der Waals surface area contributed by atoms with Crippen LogP contribution < -0.4 is 4.74 Å². The van der Waals surface area contributed by atoms with Crippen molar-refractivity contribution >= 4 is 30.6 Å². The fourth-order valence-corrected chi connectivity index (χ4v) is 5.65. The van der Waals surface area contributed by atoms with Crippen molar-refractivity contribution in [2.75, 3.05) is 38.8 Å². The third-order valence-corrected chi connectivity index (χ3v) is 7.90. The molecule has 0 atom stereocenters. The lowest BCUT2D eigenvalue weighted by atomic mass is 10.2. The van der Waals surface area contributed by atoms with Gasteiger partial charge in [0, 0.05) is 30.1 Å². The van der Waals surface area contributed by atoms with Gasteiger partial charge in [-0.1, -0.05) is 0 Å². The van der Waals surface area contributed by atoms with Gasteiger partial charge >= 0.3 is 0 Å². The average Bonchev–Trinajstić information content (AvgIpc) is 3.38. The molecule has 32 heavy (non-hydrogen) atoms. The number of likely N-dealkylation sites (tertiary alicyclic amines) is 1. The molecule has 3 aromatic rings. The van der Waals surface area contributed by atoms with Crippen LogP contribution in [0.25, 0.3) is 16.6 Å². The first-order valence-electron chi connectivity index (χ1n) is 10.6. The summed E-state index contributed by atoms with van der Waals surface area (Å²) < 4.78 is 56.2. The maximum absolute atomic E-state index is 12.5. The van der Waals surface area contributed by atoms with Crippen LogP contribution in [-0.2, 0) is 19.7 Å². The maximum Gasteiger partial charge on any atom is 0.191 e. The van der Waals surface area contributed by atoms with Gasteiger partial charge < -0.3 is 14.2 Å². The largest absolute Gasteiger partial charge is 0.494 e. The Labute approximate surface area is 189 Å². The number of sulfone groups is 2. The van der Waals surface area contributed by atoms with Crippen LogP contribution in [0.5, 0.6) is 5.75 Å². The second kappa shape index (κ2) is 8.88. The molecule has 0 saturated carbocycles. The molecule has 0 aliphatic carbocycles. The van der Waals surface area contributed by atoms with Crippen molar-refractivity contribution in [1.29, 1.82) is 0 Å². The Morgan fingerprint density at radius 1 is 0.875 bits per heavy atom. The fraction of sp³-hybridized carbons (Fsp3) is 0.391. The summed E-state index contributed by atoms with van der Waals surface area (Å²) in [7, 11) is -6.95. The normalized spacial score (nSPS) is 15.4. The third-order valence-electron chi connectivity index (χ3n) is 5.73. The Kier molecular flexibility index (Phi) is 6.33. The van der Waals surface area contributed by atoms with Crippen LogP contribution in [0, 0.1) is 0 Å². The van der Waals surface area contributed by atoms with E-state index in [4.69, 9.17) is 4.74 Å². The number of fused-ring (bicyclic) bond motifs is 1. The van der Waals surface area contributed by atoms with E-state index in [9.17, 15) is 16.8 Å². The van der Waals surface area contributed by atoms with Crippen LogP contribution in [-0.4, -0.2) is 65.1 Å². The van der Waals surface area contributed by atoms with Crippen molar-refractivity contribution in [3.05, 3.63) is 48.5 Å². The van der Waals surface area contributed by atoms with Crippen LogP contribution in [0.2, 0.25) is 0 Å². The molecule has 1 saturated heterocycles. The molecule has 9 heteroatoms. The highest BCUT2D eigenvalue weighted by atomic mass is 32.2. The summed E-state index contributed by atoms with van der Waals surface area (Å²) in [6, 6.07) is 13.4. The molecule has 7 nitrogen and oxygen atoms in total. The van der Waals surface area contributed by atoms with Gasteiger partial charge in [-0.05, 0) is 80.9 Å². The molecule has 0 unspecified atom stereocenters. The topological polar surface area (TPSA) is 85.7 Å². The van der Waals surface area contributed by atoms with Gasteiger partial charge in [-0.15, -0.1) is 0 Å². The Balaban J connectivity index is 1.59. The van der Waals surface area contributed by atoms with Crippen LogP contribution in [0.4, 0.5) is 0 Å². The summed E-state index contributed by atoms with van der Waals surface area (Å²) >= 11 is 0. The molecule has 0 spiro atoms. The molecule has 0 radical (unpaired) electrons. The van der Waals surface area contributed by atoms with E-state index in [1.165, 1.54) is 44.1 Å². The van der Waals surface area contributed by atoms with Crippen LogP contribution in [0.15, 0.2) is 58.5 Å². The zero-order valence-corrected chi connectivity index (χ0v) is 20.0. The molecule has 1 aliphatic heterocycles. The van der Waals surface area contributed by atoms with E-state index in [1.54, 1.807) is 10.6 Å². The molecule has 0 amide bonds. The maximum atomic E-state index is 12.5. The summed E-state index contributed by atoms with van der Waals surface area (Å²) in [5.41, 5.74) is 1.29. The number of hydrogen-bond acceptors (Lipinski definition) is 6. The van der Waals surface area contributed by atoms with E-state index < -0.39 is 19.7 Å². The Bertz CT molecular complexity index is 1320. The molecule has 0 bridgehead atoms. The molecule has 2 aromatic carbocycles. The van der Waals surface area contributed by atoms with Crippen molar-refractivity contribution in [3.63, 3.8) is 0 Å². The van der Waals surface area contributed by atoms with Gasteiger partial charge in [0.05, 0.1) is 17.0 Å². The second-order valence-electron chi connectivity index (χ2n) is 8.33. The van der Waals surface area contributed by atoms with Crippen molar-refractivity contribution in [1.82, 2.24) is 9.47 Å². The van der Waals surface area contributed by atoms with Gasteiger partial charge in [0.2, 0.25) is 0 Å². The lowest BCUT2D eigenvalue weighted by Crippen LogP contribution is -2.21. The first-order chi connectivity index (χ1) is 15.1. The Morgan fingerprint density at radius 3 is 2.19 bits per heavy atom. The van der Waals surface area contributed by atoms with E-state index in [-0.39, 0.29) is 9.92 Å². The highest BCUT2D eigenvalue weighted by Gasteiger charge is 2.20. The number of rotatable bonds is 8. The lowest BCUT2D eigenvalue weighted by Gasteiger charge is -2.15. The van der Waals surface area contributed by atoms with Gasteiger partial charge in [0.15, 0.2) is 19.7 Å². The zero-order valence-electron chi connectivity index (χ0n) is 18.3. The molecular formula is C23H28N2O5S2. The van der Waals surface area contributed by atoms with E-state index in [2.05, 4.69) is 4.90 Å². The smallest absolute Gasteiger partial charge is 0.191 e. The van der Waals surface area contributed by atoms with Crippen molar-refractivity contribution in [3.8, 4) is 11.4 Å². The van der Waals surface area contributed by atoms with Gasteiger partial charge in [0.25, 0.3) is 0 Å². The van der Waals surface area contributed by atoms with Crippen LogP contribution in [0.1, 0.15) is 19.3 Å². The molecule has 4 rings (SSSR count). The molecule has 1 fully saturated rings. The first kappa shape index (κ1) is 22.8. The predicted molar refractivity (Wildman–Crippen MR) is 125 cm³/mol. The van der Waals surface area contributed by atoms with Crippen LogP contribution in [0.3, 0.4) is 0 Å². The second-order valence-corrected chi connectivity index (χ2v) is 12.3. The molecular weight excluding hydrogens is 448 g/mol. The minimum absolute atomic E-state index is 0.109. The minimum atomic E-state index is -3.55. The lowest BCUT2D eigenvalue weighted by molar-refractivity contribution is 0.263. The van der Waals surface area contributed by atoms with E-state index >= 15 is 0 Å². The first-order valence-corrected chi connectivity index (χ1v) is 14.4. The quantitative estimate of drug-likeness (QED) is 0.464. The van der Waals surface area contributed by atoms with Crippen molar-refractivity contribution in [2.24, 2.45) is 0 Å². The molecule has 2 heterocycles. The molecule has 1 aromatic heterocycles. The van der Waals surface area contributed by atoms with Gasteiger partial charge in [0.1, 0.15) is 10.8 Å². The number of nitrogens with zero attached hydrogens (tertiary/aromatic N) is 2. The summed E-state index contributed by atoms with van der Waals surface area (Å²) in [5, 5.41) is 0.660. The Morgan fingerprint density at radius 2 is 1.56 bits per heavy atom. The van der Waals surface area contributed by atoms with Crippen molar-refractivity contribution in [2.45, 2.75) is 29.2 Å². The van der Waals surface area contributed by atoms with E-state index in [1.807, 2.05) is 24.3 Å². The molecule has 1 aliphatic rings. The van der Waals surface area contributed by atoms with Gasteiger partial charge in [-0.2, -0.15) is 0 Å². The number of aromatic nitrogens is 1. The summed E-state index contributed by atoms with van der Waals surface area (Å²) in [6.07, 6.45) is 5.80. The van der Waals surface area contributed by atoms with Gasteiger partial charge in [-0.3, -0.25) is 0 Å². The predicted octanol–water partition coefficient (Wildman–Crippen LogP) is 3.30. The summed E-state index contributed by atoms with van der Waals surface area (Å²) in [6.45, 7) is 4.02. The SMILES string of the molecule is CS(=O)(=O)c1ccc2c(c1)cc(S(C)(=O)=O)n2-c1ccc(OCCCN2CCCC2)cc1. The highest BCUT2D eigenvalue weighted by Crippen LogP contribution is 2.30. The van der Waals surface area contributed by atoms with E-state index in [0.717, 1.165) is 31.2 Å². The third kappa shape index (κ3) is 5.00.